The summed E-state index contributed by atoms with van der Waals surface area (Å²) < 4.78 is 43.1. The number of carbonyl (C=O) groups is 1. The van der Waals surface area contributed by atoms with Crippen molar-refractivity contribution in [2.24, 2.45) is 7.05 Å². The number of aliphatic hydroxyl groups excluding tert-OH is 1. The van der Waals surface area contributed by atoms with Gasteiger partial charge in [-0.2, -0.15) is 13.2 Å². The van der Waals surface area contributed by atoms with E-state index >= 15 is 0 Å². The van der Waals surface area contributed by atoms with Crippen molar-refractivity contribution in [2.75, 3.05) is 49.5 Å². The number of β-amino-alcohol motifs (C(OH)–C–C–N with tert-alkyl or cyclic N) is 1. The molecule has 0 bridgehead atoms. The largest absolute Gasteiger partial charge is 0.416 e. The van der Waals surface area contributed by atoms with Gasteiger partial charge in [0.05, 0.1) is 17.7 Å². The Bertz CT molecular complexity index is 1710. The molecule has 0 spiro atoms. The minimum Gasteiger partial charge on any atom is -0.395 e. The van der Waals surface area contributed by atoms with E-state index < -0.39 is 17.6 Å². The fourth-order valence-electron chi connectivity index (χ4n) is 5.31. The van der Waals surface area contributed by atoms with Crippen molar-refractivity contribution in [3.8, 4) is 11.1 Å². The Labute approximate surface area is 241 Å². The molecule has 8 nitrogen and oxygen atoms in total. The number of anilines is 2. The fourth-order valence-corrected chi connectivity index (χ4v) is 5.31. The third kappa shape index (κ3) is 6.02. The maximum atomic E-state index is 13.8. The number of hydrogen-bond donors (Lipinski definition) is 2. The minimum absolute atomic E-state index is 0.0148. The van der Waals surface area contributed by atoms with Crippen LogP contribution >= 0.6 is 0 Å². The second-order valence-corrected chi connectivity index (χ2v) is 10.6. The summed E-state index contributed by atoms with van der Waals surface area (Å²) in [5.74, 6) is -0.692. The Morgan fingerprint density at radius 3 is 2.43 bits per heavy atom. The maximum Gasteiger partial charge on any atom is 0.416 e. The Morgan fingerprint density at radius 1 is 1.00 bits per heavy atom. The van der Waals surface area contributed by atoms with Gasteiger partial charge in [-0.25, -0.2) is 0 Å². The first-order chi connectivity index (χ1) is 19.9. The number of pyridine rings is 2. The van der Waals surface area contributed by atoms with Crippen LogP contribution in [0.3, 0.4) is 0 Å². The number of piperazine rings is 1. The van der Waals surface area contributed by atoms with Gasteiger partial charge in [0, 0.05) is 79.6 Å². The standard InChI is InChI=1S/C31H32F3N5O3/c1-19-4-5-24(17-26(19)27-15-22-18-35-20(2)12-28(22)37(3)30(27)42)36-29(41)21-13-23(31(32,33)34)16-25(14-21)39-8-6-38(7-9-39)10-11-40/h4-5,12-18,40H,6-11H2,1-3H3,(H,36,41). The highest BCUT2D eigenvalue weighted by atomic mass is 19.4. The number of nitrogens with zero attached hydrogens (tertiary/aromatic N) is 4. The first-order valence-corrected chi connectivity index (χ1v) is 13.6. The normalized spacial score (nSPS) is 14.4. The third-order valence-corrected chi connectivity index (χ3v) is 7.69. The van der Waals surface area contributed by atoms with E-state index in [4.69, 9.17) is 0 Å². The number of fused-ring (bicyclic) bond motifs is 1. The number of nitrogens with one attached hydrogen (secondary N) is 1. The molecule has 11 heteroatoms. The quantitative estimate of drug-likeness (QED) is 0.347. The van der Waals surface area contributed by atoms with E-state index in [1.165, 1.54) is 6.07 Å². The Balaban J connectivity index is 1.46. The van der Waals surface area contributed by atoms with Gasteiger partial charge in [-0.05, 0) is 67.4 Å². The third-order valence-electron chi connectivity index (χ3n) is 7.69. The summed E-state index contributed by atoms with van der Waals surface area (Å²) in [5.41, 5.74) is 2.76. The number of aryl methyl sites for hydroxylation is 3. The molecule has 1 amide bonds. The van der Waals surface area contributed by atoms with E-state index in [0.717, 1.165) is 34.3 Å². The molecule has 2 aromatic heterocycles. The van der Waals surface area contributed by atoms with Crippen LogP contribution in [0.1, 0.15) is 27.2 Å². The van der Waals surface area contributed by atoms with Crippen LogP contribution in [-0.2, 0) is 13.2 Å². The summed E-state index contributed by atoms with van der Waals surface area (Å²) in [5, 5.41) is 12.7. The smallest absolute Gasteiger partial charge is 0.395 e. The topological polar surface area (TPSA) is 90.7 Å². The van der Waals surface area contributed by atoms with Gasteiger partial charge in [0.25, 0.3) is 11.5 Å². The van der Waals surface area contributed by atoms with Gasteiger partial charge in [-0.15, -0.1) is 0 Å². The summed E-state index contributed by atoms with van der Waals surface area (Å²) in [6.45, 7) is 6.34. The van der Waals surface area contributed by atoms with Crippen LogP contribution in [0.5, 0.6) is 0 Å². The highest BCUT2D eigenvalue weighted by molar-refractivity contribution is 6.05. The molecule has 42 heavy (non-hydrogen) atoms. The van der Waals surface area contributed by atoms with Crippen LogP contribution in [0.4, 0.5) is 24.5 Å². The molecule has 4 aromatic rings. The molecular formula is C31H32F3N5O3. The molecule has 5 rings (SSSR count). The predicted molar refractivity (Wildman–Crippen MR) is 157 cm³/mol. The van der Waals surface area contributed by atoms with Crippen molar-refractivity contribution < 1.29 is 23.1 Å². The van der Waals surface area contributed by atoms with E-state index in [-0.39, 0.29) is 17.7 Å². The molecule has 2 aromatic carbocycles. The predicted octanol–water partition coefficient (Wildman–Crippen LogP) is 4.60. The number of carbonyl (C=O) groups excluding carboxylic acids is 1. The number of rotatable bonds is 6. The monoisotopic (exact) mass is 579 g/mol. The molecule has 0 radical (unpaired) electrons. The van der Waals surface area contributed by atoms with Crippen LogP contribution in [0.25, 0.3) is 22.0 Å². The molecule has 0 unspecified atom stereocenters. The lowest BCUT2D eigenvalue weighted by atomic mass is 9.99. The Kier molecular flexibility index (Phi) is 8.07. The van der Waals surface area contributed by atoms with Crippen LogP contribution < -0.4 is 15.8 Å². The van der Waals surface area contributed by atoms with Crippen LogP contribution in [0.15, 0.2) is 59.5 Å². The molecule has 1 aliphatic rings. The lowest BCUT2D eigenvalue weighted by Crippen LogP contribution is -2.47. The summed E-state index contributed by atoms with van der Waals surface area (Å²) in [4.78, 5) is 34.8. The number of amides is 1. The number of aliphatic hydroxyl groups is 1. The highest BCUT2D eigenvalue weighted by Gasteiger charge is 2.33. The minimum atomic E-state index is -4.63. The first-order valence-electron chi connectivity index (χ1n) is 13.6. The van der Waals surface area contributed by atoms with Crippen molar-refractivity contribution in [1.82, 2.24) is 14.5 Å². The summed E-state index contributed by atoms with van der Waals surface area (Å²) in [6.07, 6.45) is -2.93. The molecule has 3 heterocycles. The lowest BCUT2D eigenvalue weighted by Gasteiger charge is -2.36. The van der Waals surface area contributed by atoms with E-state index in [0.29, 0.717) is 55.2 Å². The van der Waals surface area contributed by atoms with Crippen molar-refractivity contribution in [1.29, 1.82) is 0 Å². The zero-order valence-electron chi connectivity index (χ0n) is 23.6. The number of aromatic nitrogens is 2. The Morgan fingerprint density at radius 2 is 1.74 bits per heavy atom. The molecule has 0 saturated carbocycles. The molecule has 0 aliphatic carbocycles. The zero-order chi connectivity index (χ0) is 30.2. The molecular weight excluding hydrogens is 547 g/mol. The van der Waals surface area contributed by atoms with Gasteiger partial charge in [-0.3, -0.25) is 19.5 Å². The average molecular weight is 580 g/mol. The molecule has 1 saturated heterocycles. The van der Waals surface area contributed by atoms with Gasteiger partial charge < -0.3 is 19.9 Å². The van der Waals surface area contributed by atoms with Crippen LogP contribution in [0.2, 0.25) is 0 Å². The molecule has 2 N–H and O–H groups in total. The number of halogens is 3. The van der Waals surface area contributed by atoms with Gasteiger partial charge >= 0.3 is 6.18 Å². The van der Waals surface area contributed by atoms with Gasteiger partial charge in [0.15, 0.2) is 0 Å². The summed E-state index contributed by atoms with van der Waals surface area (Å²) in [6, 6.07) is 12.0. The van der Waals surface area contributed by atoms with E-state index in [1.54, 1.807) is 42.1 Å². The molecule has 220 valence electrons. The molecule has 1 fully saturated rings. The summed E-state index contributed by atoms with van der Waals surface area (Å²) >= 11 is 0. The van der Waals surface area contributed by atoms with Crippen LogP contribution in [0, 0.1) is 13.8 Å². The average Bonchev–Trinajstić information content (AvgIpc) is 2.96. The van der Waals surface area contributed by atoms with Crippen molar-refractivity contribution in [3.63, 3.8) is 0 Å². The lowest BCUT2D eigenvalue weighted by molar-refractivity contribution is -0.137. The number of hydrogen-bond acceptors (Lipinski definition) is 6. The van der Waals surface area contributed by atoms with Gasteiger partial charge in [0.1, 0.15) is 0 Å². The highest BCUT2D eigenvalue weighted by Crippen LogP contribution is 2.34. The van der Waals surface area contributed by atoms with E-state index in [9.17, 15) is 27.9 Å². The van der Waals surface area contributed by atoms with E-state index in [2.05, 4.69) is 10.3 Å². The number of benzene rings is 2. The van der Waals surface area contributed by atoms with Gasteiger partial charge in [0.2, 0.25) is 0 Å². The van der Waals surface area contributed by atoms with Crippen molar-refractivity contribution in [3.05, 3.63) is 87.5 Å². The zero-order valence-corrected chi connectivity index (χ0v) is 23.6. The van der Waals surface area contributed by atoms with Crippen LogP contribution in [-0.4, -0.2) is 64.8 Å². The Hall–Kier alpha value is -4.22. The molecule has 1 aliphatic heterocycles. The first kappa shape index (κ1) is 29.3. The van der Waals surface area contributed by atoms with Crippen molar-refractivity contribution >= 4 is 28.2 Å². The number of alkyl halides is 3. The summed E-state index contributed by atoms with van der Waals surface area (Å²) in [7, 11) is 1.69. The second-order valence-electron chi connectivity index (χ2n) is 10.6. The van der Waals surface area contributed by atoms with Crippen molar-refractivity contribution in [2.45, 2.75) is 20.0 Å². The molecule has 0 atom stereocenters. The maximum absolute atomic E-state index is 13.8. The second kappa shape index (κ2) is 11.6. The van der Waals surface area contributed by atoms with Gasteiger partial charge in [-0.1, -0.05) is 6.07 Å². The van der Waals surface area contributed by atoms with E-state index in [1.807, 2.05) is 29.7 Å². The SMILES string of the molecule is Cc1cc2c(cn1)cc(-c1cc(NC(=O)c3cc(N4CCN(CCO)CC4)cc(C(F)(F)F)c3)ccc1C)c(=O)n2C. The fraction of sp³-hybridized carbons (Fsp3) is 0.323.